The number of fused-ring (bicyclic) bond motifs is 1. The molecule has 1 N–H and O–H groups in total. The van der Waals surface area contributed by atoms with Crippen molar-refractivity contribution in [2.45, 2.75) is 25.6 Å². The van der Waals surface area contributed by atoms with Gasteiger partial charge in [0.05, 0.1) is 30.9 Å². The van der Waals surface area contributed by atoms with E-state index in [-0.39, 0.29) is 6.61 Å². The van der Waals surface area contributed by atoms with E-state index in [2.05, 4.69) is 11.4 Å². The van der Waals surface area contributed by atoms with Crippen molar-refractivity contribution in [2.75, 3.05) is 13.7 Å². The molecule has 0 aliphatic carbocycles. The van der Waals surface area contributed by atoms with Crippen LogP contribution in [0.15, 0.2) is 76.9 Å². The van der Waals surface area contributed by atoms with Crippen molar-refractivity contribution in [3.8, 4) is 11.8 Å². The SMILES string of the molecule is CCOC(=O)C1=C(C)NC(SCc2ccc(C#N)cc2)=N[C@@H]1c1c(OC)ccc2ccccc12. The van der Waals surface area contributed by atoms with Gasteiger partial charge in [-0.2, -0.15) is 5.26 Å². The summed E-state index contributed by atoms with van der Waals surface area (Å²) < 4.78 is 11.1. The molecule has 0 amide bonds. The number of nitrogens with one attached hydrogen (secondary N) is 1. The largest absolute Gasteiger partial charge is 0.496 e. The van der Waals surface area contributed by atoms with Crippen LogP contribution in [-0.4, -0.2) is 24.9 Å². The Morgan fingerprint density at radius 2 is 1.91 bits per heavy atom. The molecule has 3 aromatic rings. The quantitative estimate of drug-likeness (QED) is 0.479. The number of thioether (sulfide) groups is 1. The highest BCUT2D eigenvalue weighted by molar-refractivity contribution is 8.13. The summed E-state index contributed by atoms with van der Waals surface area (Å²) in [7, 11) is 1.62. The van der Waals surface area contributed by atoms with Crippen LogP contribution in [0.1, 0.15) is 36.6 Å². The summed E-state index contributed by atoms with van der Waals surface area (Å²) in [6.07, 6.45) is 0. The third kappa shape index (κ3) is 4.78. The molecule has 0 radical (unpaired) electrons. The number of rotatable bonds is 6. The van der Waals surface area contributed by atoms with E-state index < -0.39 is 12.0 Å². The Hall–Kier alpha value is -3.76. The Morgan fingerprint density at radius 3 is 2.62 bits per heavy atom. The van der Waals surface area contributed by atoms with Crippen molar-refractivity contribution in [3.63, 3.8) is 0 Å². The fourth-order valence-electron chi connectivity index (χ4n) is 3.97. The van der Waals surface area contributed by atoms with Crippen molar-refractivity contribution in [1.29, 1.82) is 5.26 Å². The molecule has 1 heterocycles. The number of esters is 1. The van der Waals surface area contributed by atoms with Gasteiger partial charge in [-0.1, -0.05) is 54.2 Å². The van der Waals surface area contributed by atoms with E-state index in [1.165, 1.54) is 0 Å². The number of benzene rings is 3. The van der Waals surface area contributed by atoms with Gasteiger partial charge in [0.25, 0.3) is 0 Å². The minimum atomic E-state index is -0.579. The molecule has 0 spiro atoms. The summed E-state index contributed by atoms with van der Waals surface area (Å²) in [6, 6.07) is 21.0. The van der Waals surface area contributed by atoms with Crippen molar-refractivity contribution >= 4 is 33.7 Å². The van der Waals surface area contributed by atoms with Crippen LogP contribution < -0.4 is 10.1 Å². The Morgan fingerprint density at radius 1 is 1.15 bits per heavy atom. The van der Waals surface area contributed by atoms with Crippen molar-refractivity contribution in [1.82, 2.24) is 5.32 Å². The summed E-state index contributed by atoms with van der Waals surface area (Å²) in [5.41, 5.74) is 3.71. The molecule has 0 aromatic heterocycles. The number of amidine groups is 1. The zero-order valence-corrected chi connectivity index (χ0v) is 20.1. The number of nitrogens with zero attached hydrogens (tertiary/aromatic N) is 2. The smallest absolute Gasteiger partial charge is 0.338 e. The number of nitriles is 1. The van der Waals surface area contributed by atoms with Crippen LogP contribution >= 0.6 is 11.8 Å². The fourth-order valence-corrected chi connectivity index (χ4v) is 4.87. The van der Waals surface area contributed by atoms with E-state index in [0.29, 0.717) is 33.5 Å². The van der Waals surface area contributed by atoms with Gasteiger partial charge < -0.3 is 14.8 Å². The van der Waals surface area contributed by atoms with E-state index in [1.807, 2.05) is 55.5 Å². The summed E-state index contributed by atoms with van der Waals surface area (Å²) in [5.74, 6) is 0.937. The summed E-state index contributed by atoms with van der Waals surface area (Å²) in [6.45, 7) is 3.94. The first-order valence-corrected chi connectivity index (χ1v) is 11.9. The lowest BCUT2D eigenvalue weighted by atomic mass is 9.91. The number of hydrogen-bond acceptors (Lipinski definition) is 7. The van der Waals surface area contributed by atoms with Crippen LogP contribution in [0.3, 0.4) is 0 Å². The topological polar surface area (TPSA) is 83.7 Å². The summed E-state index contributed by atoms with van der Waals surface area (Å²) >= 11 is 1.54. The van der Waals surface area contributed by atoms with Gasteiger partial charge in [-0.05, 0) is 48.4 Å². The molecule has 0 saturated carbocycles. The zero-order chi connectivity index (χ0) is 24.1. The molecule has 4 rings (SSSR count). The molecule has 1 atom stereocenters. The minimum absolute atomic E-state index is 0.277. The average Bonchev–Trinajstić information content (AvgIpc) is 2.86. The fraction of sp³-hybridized carbons (Fsp3) is 0.222. The van der Waals surface area contributed by atoms with Gasteiger partial charge in [0.1, 0.15) is 11.8 Å². The van der Waals surface area contributed by atoms with Gasteiger partial charge in [0.2, 0.25) is 0 Å². The van der Waals surface area contributed by atoms with Crippen LogP contribution in [-0.2, 0) is 15.3 Å². The monoisotopic (exact) mass is 471 g/mol. The van der Waals surface area contributed by atoms with E-state index in [9.17, 15) is 4.79 Å². The second-order valence-electron chi connectivity index (χ2n) is 7.72. The highest BCUT2D eigenvalue weighted by atomic mass is 32.2. The van der Waals surface area contributed by atoms with Crippen molar-refractivity contribution in [2.24, 2.45) is 4.99 Å². The number of carbonyl (C=O) groups is 1. The van der Waals surface area contributed by atoms with Crippen LogP contribution in [0.2, 0.25) is 0 Å². The molecule has 1 aliphatic heterocycles. The molecule has 1 aliphatic rings. The third-order valence-electron chi connectivity index (χ3n) is 5.60. The van der Waals surface area contributed by atoms with Crippen LogP contribution in [0.5, 0.6) is 5.75 Å². The molecular formula is C27H25N3O3S. The van der Waals surface area contributed by atoms with Gasteiger partial charge >= 0.3 is 5.97 Å². The standard InChI is InChI=1S/C27H25N3O3S/c1-4-33-26(31)23-17(2)29-27(34-16-19-11-9-18(15-28)10-12-19)30-25(23)24-21-8-6-5-7-20(21)13-14-22(24)32-3/h5-14,25H,4,16H2,1-3H3,(H,29,30)/t25-/m0/s1. The molecule has 0 bridgehead atoms. The molecular weight excluding hydrogens is 446 g/mol. The van der Waals surface area contributed by atoms with E-state index in [1.54, 1.807) is 37.9 Å². The second kappa shape index (κ2) is 10.4. The van der Waals surface area contributed by atoms with Gasteiger partial charge in [0.15, 0.2) is 5.17 Å². The molecule has 172 valence electrons. The predicted molar refractivity (Wildman–Crippen MR) is 136 cm³/mol. The maximum absolute atomic E-state index is 13.0. The first-order valence-electron chi connectivity index (χ1n) is 11.0. The van der Waals surface area contributed by atoms with Crippen LogP contribution in [0.4, 0.5) is 0 Å². The Balaban J connectivity index is 1.76. The van der Waals surface area contributed by atoms with Crippen LogP contribution in [0.25, 0.3) is 10.8 Å². The zero-order valence-electron chi connectivity index (χ0n) is 19.3. The number of hydrogen-bond donors (Lipinski definition) is 1. The van der Waals surface area contributed by atoms with Gasteiger partial charge in [-0.3, -0.25) is 0 Å². The number of aliphatic imine (C=N–C) groups is 1. The number of ether oxygens (including phenoxy) is 2. The average molecular weight is 472 g/mol. The van der Waals surface area contributed by atoms with Gasteiger partial charge in [0, 0.05) is 17.0 Å². The van der Waals surface area contributed by atoms with Crippen molar-refractivity contribution in [3.05, 3.63) is 88.6 Å². The number of methoxy groups -OCH3 is 1. The number of allylic oxidation sites excluding steroid dienone is 1. The Kier molecular flexibility index (Phi) is 7.19. The molecule has 6 nitrogen and oxygen atoms in total. The molecule has 3 aromatic carbocycles. The first kappa shape index (κ1) is 23.4. The molecule has 0 saturated heterocycles. The first-order chi connectivity index (χ1) is 16.5. The summed E-state index contributed by atoms with van der Waals surface area (Å²) in [4.78, 5) is 18.0. The van der Waals surface area contributed by atoms with E-state index in [4.69, 9.17) is 19.7 Å². The highest BCUT2D eigenvalue weighted by Gasteiger charge is 2.33. The minimum Gasteiger partial charge on any atom is -0.496 e. The normalized spacial score (nSPS) is 15.4. The number of carbonyl (C=O) groups excluding carboxylic acids is 1. The van der Waals surface area contributed by atoms with Crippen molar-refractivity contribution < 1.29 is 14.3 Å². The Bertz CT molecular complexity index is 1320. The highest BCUT2D eigenvalue weighted by Crippen LogP contribution is 2.41. The lowest BCUT2D eigenvalue weighted by Crippen LogP contribution is -2.30. The van der Waals surface area contributed by atoms with E-state index in [0.717, 1.165) is 21.9 Å². The molecule has 0 unspecified atom stereocenters. The summed E-state index contributed by atoms with van der Waals surface area (Å²) in [5, 5.41) is 15.0. The molecule has 0 fully saturated rings. The Labute approximate surface area is 203 Å². The molecule has 34 heavy (non-hydrogen) atoms. The predicted octanol–water partition coefficient (Wildman–Crippen LogP) is 5.49. The maximum Gasteiger partial charge on any atom is 0.338 e. The maximum atomic E-state index is 13.0. The van der Waals surface area contributed by atoms with E-state index >= 15 is 0 Å². The second-order valence-corrected chi connectivity index (χ2v) is 8.69. The third-order valence-corrected chi connectivity index (χ3v) is 6.55. The lowest BCUT2D eigenvalue weighted by molar-refractivity contribution is -0.138. The molecule has 7 heteroatoms. The van der Waals surface area contributed by atoms with Gasteiger partial charge in [-0.25, -0.2) is 9.79 Å². The lowest BCUT2D eigenvalue weighted by Gasteiger charge is -2.27. The van der Waals surface area contributed by atoms with Crippen LogP contribution in [0, 0.1) is 11.3 Å². The van der Waals surface area contributed by atoms with Gasteiger partial charge in [-0.15, -0.1) is 0 Å².